The number of hydrogen-bond donors (Lipinski definition) is 1. The molecule has 33 heavy (non-hydrogen) atoms. The van der Waals surface area contributed by atoms with Crippen molar-refractivity contribution in [3.8, 4) is 11.8 Å². The van der Waals surface area contributed by atoms with Crippen molar-refractivity contribution in [2.75, 3.05) is 5.32 Å². The van der Waals surface area contributed by atoms with E-state index in [1.54, 1.807) is 0 Å². The molecule has 2 heteroatoms. The smallest absolute Gasteiger partial charge is 0.246 e. The molecule has 0 saturated heterocycles. The van der Waals surface area contributed by atoms with Crippen molar-refractivity contribution in [1.29, 1.82) is 0 Å². The fourth-order valence-electron chi connectivity index (χ4n) is 4.06. The molecule has 5 rings (SSSR count). The first-order valence-corrected chi connectivity index (χ1v) is 11.0. The third-order valence-corrected chi connectivity index (χ3v) is 6.05. The summed E-state index contributed by atoms with van der Waals surface area (Å²) in [5, 5.41) is 7.47. The van der Waals surface area contributed by atoms with Gasteiger partial charge in [0.1, 0.15) is 5.41 Å². The Morgan fingerprint density at radius 1 is 0.697 bits per heavy atom. The highest BCUT2D eigenvalue weighted by Crippen LogP contribution is 2.30. The SMILES string of the molecule is C[C@](C#Cc1ccccc1)(C(=O)Nc1cccc2ccccc12)c1ccc2ccccc2c1. The highest BCUT2D eigenvalue weighted by atomic mass is 16.2. The summed E-state index contributed by atoms with van der Waals surface area (Å²) in [7, 11) is 0. The minimum Gasteiger partial charge on any atom is -0.324 e. The van der Waals surface area contributed by atoms with Gasteiger partial charge in [0.15, 0.2) is 0 Å². The number of benzene rings is 5. The van der Waals surface area contributed by atoms with Crippen LogP contribution in [-0.2, 0) is 10.2 Å². The number of carbonyl (C=O) groups is 1. The van der Waals surface area contributed by atoms with Crippen LogP contribution in [0, 0.1) is 11.8 Å². The van der Waals surface area contributed by atoms with Crippen molar-refractivity contribution in [2.24, 2.45) is 0 Å². The molecule has 0 aliphatic carbocycles. The summed E-state index contributed by atoms with van der Waals surface area (Å²) >= 11 is 0. The highest BCUT2D eigenvalue weighted by Gasteiger charge is 2.34. The predicted molar refractivity (Wildman–Crippen MR) is 137 cm³/mol. The Kier molecular flexibility index (Phi) is 5.39. The number of anilines is 1. The average Bonchev–Trinajstić information content (AvgIpc) is 2.88. The lowest BCUT2D eigenvalue weighted by atomic mass is 9.80. The van der Waals surface area contributed by atoms with Crippen molar-refractivity contribution in [1.82, 2.24) is 0 Å². The second-order valence-electron chi connectivity index (χ2n) is 8.28. The van der Waals surface area contributed by atoms with Gasteiger partial charge in [0.2, 0.25) is 5.91 Å². The van der Waals surface area contributed by atoms with E-state index in [0.29, 0.717) is 0 Å². The number of nitrogens with one attached hydrogen (secondary N) is 1. The lowest BCUT2D eigenvalue weighted by molar-refractivity contribution is -0.119. The number of fused-ring (bicyclic) bond motifs is 2. The van der Waals surface area contributed by atoms with Gasteiger partial charge in [0.25, 0.3) is 0 Å². The van der Waals surface area contributed by atoms with Crippen molar-refractivity contribution < 1.29 is 4.79 Å². The van der Waals surface area contributed by atoms with Gasteiger partial charge in [-0.1, -0.05) is 103 Å². The largest absolute Gasteiger partial charge is 0.324 e. The van der Waals surface area contributed by atoms with Crippen LogP contribution in [-0.4, -0.2) is 5.91 Å². The molecule has 5 aromatic rings. The quantitative estimate of drug-likeness (QED) is 0.312. The molecule has 0 aliphatic rings. The van der Waals surface area contributed by atoms with Gasteiger partial charge in [-0.2, -0.15) is 0 Å². The molecule has 1 amide bonds. The summed E-state index contributed by atoms with van der Waals surface area (Å²) in [4.78, 5) is 13.8. The van der Waals surface area contributed by atoms with Gasteiger partial charge in [0, 0.05) is 16.6 Å². The average molecular weight is 426 g/mol. The molecule has 0 aromatic heterocycles. The van der Waals surface area contributed by atoms with Crippen LogP contribution in [0.1, 0.15) is 18.1 Å². The Bertz CT molecular complexity index is 1520. The molecule has 1 atom stereocenters. The summed E-state index contributed by atoms with van der Waals surface area (Å²) in [5.74, 6) is 6.37. The molecular formula is C31H23NO. The highest BCUT2D eigenvalue weighted by molar-refractivity contribution is 6.07. The summed E-state index contributed by atoms with van der Waals surface area (Å²) < 4.78 is 0. The first-order valence-electron chi connectivity index (χ1n) is 11.0. The number of rotatable bonds is 3. The molecule has 0 unspecified atom stereocenters. The van der Waals surface area contributed by atoms with Crippen molar-refractivity contribution in [3.05, 3.63) is 126 Å². The molecule has 158 valence electrons. The van der Waals surface area contributed by atoms with Gasteiger partial charge in [0.05, 0.1) is 0 Å². The van der Waals surface area contributed by atoms with Crippen LogP contribution < -0.4 is 5.32 Å². The normalized spacial score (nSPS) is 12.5. The third-order valence-electron chi connectivity index (χ3n) is 6.05. The van der Waals surface area contributed by atoms with Gasteiger partial charge in [-0.15, -0.1) is 0 Å². The zero-order chi connectivity index (χ0) is 22.7. The van der Waals surface area contributed by atoms with Crippen LogP contribution in [0.2, 0.25) is 0 Å². The van der Waals surface area contributed by atoms with E-state index in [1.165, 1.54) is 0 Å². The van der Waals surface area contributed by atoms with Crippen LogP contribution in [0.3, 0.4) is 0 Å². The lowest BCUT2D eigenvalue weighted by Crippen LogP contribution is -2.36. The molecule has 2 nitrogen and oxygen atoms in total. The molecule has 0 radical (unpaired) electrons. The van der Waals surface area contributed by atoms with Crippen LogP contribution in [0.15, 0.2) is 115 Å². The maximum Gasteiger partial charge on any atom is 0.246 e. The number of amides is 1. The van der Waals surface area contributed by atoms with Gasteiger partial charge < -0.3 is 5.32 Å². The summed E-state index contributed by atoms with van der Waals surface area (Å²) in [6.07, 6.45) is 0. The monoisotopic (exact) mass is 425 g/mol. The zero-order valence-electron chi connectivity index (χ0n) is 18.4. The maximum atomic E-state index is 13.8. The lowest BCUT2D eigenvalue weighted by Gasteiger charge is -2.24. The molecule has 5 aromatic carbocycles. The van der Waals surface area contributed by atoms with Crippen LogP contribution in [0.4, 0.5) is 5.69 Å². The summed E-state index contributed by atoms with van der Waals surface area (Å²) in [6, 6.07) is 38.0. The predicted octanol–water partition coefficient (Wildman–Crippen LogP) is 6.94. The molecule has 0 aliphatic heterocycles. The first kappa shape index (κ1) is 20.5. The van der Waals surface area contributed by atoms with E-state index in [-0.39, 0.29) is 5.91 Å². The Morgan fingerprint density at radius 2 is 1.36 bits per heavy atom. The van der Waals surface area contributed by atoms with Crippen molar-refractivity contribution >= 4 is 33.1 Å². The van der Waals surface area contributed by atoms with E-state index in [4.69, 9.17) is 0 Å². The minimum absolute atomic E-state index is 0.155. The first-order chi connectivity index (χ1) is 16.1. The second kappa shape index (κ2) is 8.65. The molecule has 0 spiro atoms. The zero-order valence-corrected chi connectivity index (χ0v) is 18.4. The van der Waals surface area contributed by atoms with Gasteiger partial charge in [-0.05, 0) is 52.9 Å². The molecule has 0 heterocycles. The number of carbonyl (C=O) groups excluding carboxylic acids is 1. The molecule has 0 fully saturated rings. The summed E-state index contributed by atoms with van der Waals surface area (Å²) in [5.41, 5.74) is 1.48. The van der Waals surface area contributed by atoms with Crippen molar-refractivity contribution in [2.45, 2.75) is 12.3 Å². The van der Waals surface area contributed by atoms with Gasteiger partial charge >= 0.3 is 0 Å². The van der Waals surface area contributed by atoms with Crippen LogP contribution in [0.5, 0.6) is 0 Å². The third kappa shape index (κ3) is 4.10. The standard InChI is InChI=1S/C31H23NO/c1-31(21-20-23-10-3-2-4-11-23,27-19-18-24-12-5-6-14-26(24)22-27)30(33)32-29-17-9-15-25-13-7-8-16-28(25)29/h2-19,22H,1H3,(H,32,33)/t31-/m1/s1. The van der Waals surface area contributed by atoms with E-state index in [9.17, 15) is 4.79 Å². The van der Waals surface area contributed by atoms with E-state index in [2.05, 4.69) is 41.4 Å². The molecule has 1 N–H and O–H groups in total. The Balaban J connectivity index is 1.61. The van der Waals surface area contributed by atoms with E-state index in [0.717, 1.165) is 38.4 Å². The topological polar surface area (TPSA) is 29.1 Å². The number of hydrogen-bond acceptors (Lipinski definition) is 1. The Morgan fingerprint density at radius 3 is 2.18 bits per heavy atom. The fourth-order valence-corrected chi connectivity index (χ4v) is 4.06. The Hall–Kier alpha value is -4.35. The van der Waals surface area contributed by atoms with E-state index in [1.807, 2.05) is 97.9 Å². The molecule has 0 saturated carbocycles. The van der Waals surface area contributed by atoms with Crippen LogP contribution >= 0.6 is 0 Å². The van der Waals surface area contributed by atoms with Crippen molar-refractivity contribution in [3.63, 3.8) is 0 Å². The Labute approximate surface area is 193 Å². The molecular weight excluding hydrogens is 402 g/mol. The van der Waals surface area contributed by atoms with E-state index >= 15 is 0 Å². The minimum atomic E-state index is -1.04. The van der Waals surface area contributed by atoms with E-state index < -0.39 is 5.41 Å². The maximum absolute atomic E-state index is 13.8. The van der Waals surface area contributed by atoms with Gasteiger partial charge in [-0.3, -0.25) is 4.79 Å². The second-order valence-corrected chi connectivity index (χ2v) is 8.28. The molecule has 0 bridgehead atoms. The van der Waals surface area contributed by atoms with Crippen LogP contribution in [0.25, 0.3) is 21.5 Å². The summed E-state index contributed by atoms with van der Waals surface area (Å²) in [6.45, 7) is 1.90. The van der Waals surface area contributed by atoms with Gasteiger partial charge in [-0.25, -0.2) is 0 Å². The fraction of sp³-hybridized carbons (Fsp3) is 0.0645.